The maximum absolute atomic E-state index is 11.4. The molecule has 7 heteroatoms. The van der Waals surface area contributed by atoms with Gasteiger partial charge in [-0.25, -0.2) is 18.4 Å². The molecule has 0 heterocycles. The van der Waals surface area contributed by atoms with Gasteiger partial charge in [0, 0.05) is 10.6 Å². The van der Waals surface area contributed by atoms with E-state index in [1.54, 1.807) is 0 Å². The molecule has 1 aromatic rings. The summed E-state index contributed by atoms with van der Waals surface area (Å²) in [6.07, 6.45) is 0. The Morgan fingerprint density at radius 2 is 2.12 bits per heavy atom. The molecule has 0 bridgehead atoms. The number of halogens is 1. The lowest BCUT2D eigenvalue weighted by Gasteiger charge is -2.08. The predicted octanol–water partition coefficient (Wildman–Crippen LogP) is 0.915. The van der Waals surface area contributed by atoms with E-state index >= 15 is 0 Å². The Kier molecular flexibility index (Phi) is 3.90. The van der Waals surface area contributed by atoms with Crippen LogP contribution in [0.25, 0.3) is 0 Å². The highest BCUT2D eigenvalue weighted by Crippen LogP contribution is 2.22. The van der Waals surface area contributed by atoms with Crippen LogP contribution in [0.3, 0.4) is 0 Å². The van der Waals surface area contributed by atoms with Crippen LogP contribution >= 0.6 is 11.6 Å². The third-order valence-corrected chi connectivity index (χ3v) is 2.91. The Morgan fingerprint density at radius 1 is 1.50 bits per heavy atom. The first-order valence-corrected chi connectivity index (χ1v) is 6.30. The van der Waals surface area contributed by atoms with Crippen molar-refractivity contribution in [1.29, 1.82) is 0 Å². The molecule has 5 nitrogen and oxygen atoms in total. The largest absolute Gasteiger partial charge is 0.465 e. The fourth-order valence-corrected chi connectivity index (χ4v) is 2.24. The number of nitrogens with two attached hydrogens (primary N) is 1. The molecule has 0 radical (unpaired) electrons. The van der Waals surface area contributed by atoms with E-state index in [0.29, 0.717) is 0 Å². The first kappa shape index (κ1) is 13.0. The van der Waals surface area contributed by atoms with Crippen LogP contribution in [0.2, 0.25) is 5.02 Å². The van der Waals surface area contributed by atoms with Crippen molar-refractivity contribution >= 4 is 27.6 Å². The quantitative estimate of drug-likeness (QED) is 0.822. The van der Waals surface area contributed by atoms with Gasteiger partial charge in [-0.3, -0.25) is 0 Å². The lowest BCUT2D eigenvalue weighted by atomic mass is 10.1. The molecule has 0 aliphatic heterocycles. The molecule has 1 rings (SSSR count). The lowest BCUT2D eigenvalue weighted by Crippen LogP contribution is -2.17. The summed E-state index contributed by atoms with van der Waals surface area (Å²) in [7, 11) is -2.56. The van der Waals surface area contributed by atoms with Crippen molar-refractivity contribution in [3.05, 3.63) is 34.3 Å². The Hall–Kier alpha value is -1.11. The number of ether oxygens (including phenoxy) is 1. The summed E-state index contributed by atoms with van der Waals surface area (Å²) in [6, 6.07) is 4.44. The summed E-state index contributed by atoms with van der Waals surface area (Å²) in [5.74, 6) is -1.15. The fourth-order valence-electron chi connectivity index (χ4n) is 1.21. The van der Waals surface area contributed by atoms with Gasteiger partial charge >= 0.3 is 5.97 Å². The average Bonchev–Trinajstić information content (AvgIpc) is 2.18. The van der Waals surface area contributed by atoms with E-state index in [1.165, 1.54) is 25.3 Å². The first-order chi connectivity index (χ1) is 7.35. The normalized spacial score (nSPS) is 11.2. The average molecular weight is 264 g/mol. The summed E-state index contributed by atoms with van der Waals surface area (Å²) in [4.78, 5) is 11.4. The van der Waals surface area contributed by atoms with Crippen LogP contribution in [-0.2, 0) is 20.5 Å². The SMILES string of the molecule is COC(=O)c1cccc(Cl)c1CS(N)(=O)=O. The van der Waals surface area contributed by atoms with E-state index in [9.17, 15) is 13.2 Å². The molecule has 0 amide bonds. The highest BCUT2D eigenvalue weighted by molar-refractivity contribution is 7.88. The van der Waals surface area contributed by atoms with Gasteiger partial charge in [0.1, 0.15) is 0 Å². The molecule has 88 valence electrons. The molecule has 16 heavy (non-hydrogen) atoms. The summed E-state index contributed by atoms with van der Waals surface area (Å²) < 4.78 is 26.5. The summed E-state index contributed by atoms with van der Waals surface area (Å²) in [6.45, 7) is 0. The second-order valence-corrected chi connectivity index (χ2v) is 5.09. The third-order valence-electron chi connectivity index (χ3n) is 1.87. The van der Waals surface area contributed by atoms with Crippen molar-refractivity contribution in [3.63, 3.8) is 0 Å². The molecule has 0 saturated heterocycles. The van der Waals surface area contributed by atoms with Crippen LogP contribution in [0.4, 0.5) is 0 Å². The highest BCUT2D eigenvalue weighted by atomic mass is 35.5. The Labute approximate surface area is 98.2 Å². The molecule has 0 aliphatic carbocycles. The molecule has 0 fully saturated rings. The number of primary sulfonamides is 1. The van der Waals surface area contributed by atoms with Crippen molar-refractivity contribution in [2.45, 2.75) is 5.75 Å². The number of benzene rings is 1. The molecule has 0 saturated carbocycles. The van der Waals surface area contributed by atoms with E-state index in [2.05, 4.69) is 4.74 Å². The van der Waals surface area contributed by atoms with E-state index < -0.39 is 21.7 Å². The number of esters is 1. The lowest BCUT2D eigenvalue weighted by molar-refractivity contribution is 0.0600. The fraction of sp³-hybridized carbons (Fsp3) is 0.222. The molecule has 0 aromatic heterocycles. The maximum Gasteiger partial charge on any atom is 0.338 e. The number of methoxy groups -OCH3 is 1. The van der Waals surface area contributed by atoms with Gasteiger partial charge < -0.3 is 4.74 Å². The molecular formula is C9H10ClNO4S. The maximum atomic E-state index is 11.4. The van der Waals surface area contributed by atoms with E-state index in [0.717, 1.165) is 0 Å². The van der Waals surface area contributed by atoms with Gasteiger partial charge in [0.25, 0.3) is 0 Å². The Morgan fingerprint density at radius 3 is 2.62 bits per heavy atom. The number of hydrogen-bond donors (Lipinski definition) is 1. The zero-order chi connectivity index (χ0) is 12.3. The van der Waals surface area contributed by atoms with Gasteiger partial charge in [0.2, 0.25) is 10.0 Å². The smallest absolute Gasteiger partial charge is 0.338 e. The van der Waals surface area contributed by atoms with Gasteiger partial charge in [-0.2, -0.15) is 0 Å². The van der Waals surface area contributed by atoms with Crippen LogP contribution in [0.5, 0.6) is 0 Å². The van der Waals surface area contributed by atoms with Gasteiger partial charge in [-0.1, -0.05) is 17.7 Å². The Bertz CT molecular complexity index is 512. The second kappa shape index (κ2) is 4.82. The van der Waals surface area contributed by atoms with Crippen molar-refractivity contribution < 1.29 is 17.9 Å². The van der Waals surface area contributed by atoms with E-state index in [4.69, 9.17) is 16.7 Å². The zero-order valence-electron chi connectivity index (χ0n) is 8.44. The van der Waals surface area contributed by atoms with Crippen LogP contribution in [-0.4, -0.2) is 21.5 Å². The topological polar surface area (TPSA) is 86.5 Å². The molecule has 0 unspecified atom stereocenters. The molecule has 0 aliphatic rings. The number of carbonyl (C=O) groups excluding carboxylic acids is 1. The minimum atomic E-state index is -3.76. The number of carbonyl (C=O) groups is 1. The number of hydrogen-bond acceptors (Lipinski definition) is 4. The van der Waals surface area contributed by atoms with Gasteiger partial charge in [-0.15, -0.1) is 0 Å². The molecular weight excluding hydrogens is 254 g/mol. The molecule has 2 N–H and O–H groups in total. The molecule has 0 spiro atoms. The highest BCUT2D eigenvalue weighted by Gasteiger charge is 2.18. The number of rotatable bonds is 3. The first-order valence-electron chi connectivity index (χ1n) is 4.21. The van der Waals surface area contributed by atoms with Gasteiger partial charge in [0.15, 0.2) is 0 Å². The number of sulfonamides is 1. The van der Waals surface area contributed by atoms with Crippen LogP contribution in [0.15, 0.2) is 18.2 Å². The predicted molar refractivity (Wildman–Crippen MR) is 59.6 cm³/mol. The van der Waals surface area contributed by atoms with Crippen molar-refractivity contribution in [2.24, 2.45) is 5.14 Å². The summed E-state index contributed by atoms with van der Waals surface area (Å²) in [5.41, 5.74) is 0.252. The van der Waals surface area contributed by atoms with Crippen molar-refractivity contribution in [1.82, 2.24) is 0 Å². The minimum Gasteiger partial charge on any atom is -0.465 e. The van der Waals surface area contributed by atoms with Crippen LogP contribution in [0, 0.1) is 0 Å². The van der Waals surface area contributed by atoms with E-state index in [1.807, 2.05) is 0 Å². The standard InChI is InChI=1S/C9H10ClNO4S/c1-15-9(12)6-3-2-4-8(10)7(6)5-16(11,13)14/h2-4H,5H2,1H3,(H2,11,13,14). The Balaban J connectivity index is 3.29. The van der Waals surface area contributed by atoms with Gasteiger partial charge in [-0.05, 0) is 12.1 Å². The summed E-state index contributed by atoms with van der Waals surface area (Å²) >= 11 is 5.81. The van der Waals surface area contributed by atoms with Gasteiger partial charge in [0.05, 0.1) is 18.4 Å². The van der Waals surface area contributed by atoms with Crippen molar-refractivity contribution in [2.75, 3.05) is 7.11 Å². The zero-order valence-corrected chi connectivity index (χ0v) is 10.0. The van der Waals surface area contributed by atoms with E-state index in [-0.39, 0.29) is 16.1 Å². The minimum absolute atomic E-state index is 0.101. The van der Waals surface area contributed by atoms with Crippen LogP contribution < -0.4 is 5.14 Å². The second-order valence-electron chi connectivity index (χ2n) is 3.06. The molecule has 0 atom stereocenters. The van der Waals surface area contributed by atoms with Crippen LogP contribution in [0.1, 0.15) is 15.9 Å². The third kappa shape index (κ3) is 3.19. The van der Waals surface area contributed by atoms with Crippen molar-refractivity contribution in [3.8, 4) is 0 Å². The molecule has 1 aromatic carbocycles. The summed E-state index contributed by atoms with van der Waals surface area (Å²) in [5, 5.41) is 5.07. The monoisotopic (exact) mass is 263 g/mol.